The number of carboxylic acid groups (broad SMARTS) is 1. The van der Waals surface area contributed by atoms with E-state index in [9.17, 15) is 9.59 Å². The third-order valence-corrected chi connectivity index (χ3v) is 4.27. The van der Waals surface area contributed by atoms with E-state index in [-0.39, 0.29) is 24.6 Å². The molecule has 0 aliphatic carbocycles. The molecule has 5 nitrogen and oxygen atoms in total. The van der Waals surface area contributed by atoms with E-state index in [1.165, 1.54) is 22.3 Å². The van der Waals surface area contributed by atoms with Gasteiger partial charge in [0.1, 0.15) is 5.01 Å². The summed E-state index contributed by atoms with van der Waals surface area (Å²) in [5.74, 6) is -0.686. The molecule has 0 radical (unpaired) electrons. The SMILES string of the molecule is CC(C)c1ccc(/C=C/CC(=O)NCc2nc(C(=O)O)cs2)cc1. The fourth-order valence-electron chi connectivity index (χ4n) is 2.03. The number of hydrogen-bond donors (Lipinski definition) is 2. The molecule has 6 heteroatoms. The van der Waals surface area contributed by atoms with Crippen LogP contribution in [0.5, 0.6) is 0 Å². The van der Waals surface area contributed by atoms with Crippen LogP contribution in [-0.2, 0) is 11.3 Å². The zero-order valence-corrected chi connectivity index (χ0v) is 14.5. The number of carboxylic acids is 1. The van der Waals surface area contributed by atoms with Gasteiger partial charge >= 0.3 is 5.97 Å². The van der Waals surface area contributed by atoms with E-state index in [0.29, 0.717) is 10.9 Å². The van der Waals surface area contributed by atoms with Crippen molar-refractivity contribution in [3.63, 3.8) is 0 Å². The van der Waals surface area contributed by atoms with Crippen molar-refractivity contribution < 1.29 is 14.7 Å². The second kappa shape index (κ2) is 8.40. The summed E-state index contributed by atoms with van der Waals surface area (Å²) in [7, 11) is 0. The molecule has 1 aromatic heterocycles. The summed E-state index contributed by atoms with van der Waals surface area (Å²) >= 11 is 1.22. The Morgan fingerprint density at radius 3 is 2.58 bits per heavy atom. The summed E-state index contributed by atoms with van der Waals surface area (Å²) in [5, 5.41) is 13.6. The third-order valence-electron chi connectivity index (χ3n) is 3.42. The van der Waals surface area contributed by atoms with E-state index in [2.05, 4.69) is 36.3 Å². The lowest BCUT2D eigenvalue weighted by atomic mass is 10.0. The predicted octanol–water partition coefficient (Wildman–Crippen LogP) is 3.68. The van der Waals surface area contributed by atoms with Crippen LogP contribution in [0.1, 0.15) is 52.8 Å². The average molecular weight is 344 g/mol. The number of amides is 1. The molecule has 0 aliphatic heterocycles. The van der Waals surface area contributed by atoms with Crippen molar-refractivity contribution in [1.29, 1.82) is 0 Å². The molecule has 1 amide bonds. The molecule has 0 unspecified atom stereocenters. The van der Waals surface area contributed by atoms with E-state index < -0.39 is 5.97 Å². The van der Waals surface area contributed by atoms with Crippen LogP contribution in [0.25, 0.3) is 6.08 Å². The fourth-order valence-corrected chi connectivity index (χ4v) is 2.74. The van der Waals surface area contributed by atoms with E-state index in [4.69, 9.17) is 5.11 Å². The van der Waals surface area contributed by atoms with Crippen molar-refractivity contribution in [3.05, 3.63) is 57.6 Å². The maximum atomic E-state index is 11.8. The molecule has 0 atom stereocenters. The average Bonchev–Trinajstić information content (AvgIpc) is 3.03. The van der Waals surface area contributed by atoms with Gasteiger partial charge in [-0.2, -0.15) is 0 Å². The Bertz CT molecular complexity index is 733. The second-order valence-corrected chi connectivity index (χ2v) is 6.58. The quantitative estimate of drug-likeness (QED) is 0.803. The third kappa shape index (κ3) is 5.31. The Kier molecular flexibility index (Phi) is 6.26. The van der Waals surface area contributed by atoms with Crippen LogP contribution >= 0.6 is 11.3 Å². The zero-order chi connectivity index (χ0) is 17.5. The molecule has 2 N–H and O–H groups in total. The van der Waals surface area contributed by atoms with Crippen LogP contribution in [0.3, 0.4) is 0 Å². The first kappa shape index (κ1) is 17.9. The van der Waals surface area contributed by atoms with Crippen molar-refractivity contribution in [1.82, 2.24) is 10.3 Å². The van der Waals surface area contributed by atoms with Gasteiger partial charge in [-0.1, -0.05) is 50.3 Å². The smallest absolute Gasteiger partial charge is 0.355 e. The molecule has 1 heterocycles. The molecule has 0 saturated carbocycles. The summed E-state index contributed by atoms with van der Waals surface area (Å²) in [6.07, 6.45) is 3.99. The van der Waals surface area contributed by atoms with Gasteiger partial charge in [-0.25, -0.2) is 9.78 Å². The minimum Gasteiger partial charge on any atom is -0.476 e. The largest absolute Gasteiger partial charge is 0.476 e. The van der Waals surface area contributed by atoms with Crippen LogP contribution in [-0.4, -0.2) is 22.0 Å². The number of carbonyl (C=O) groups excluding carboxylic acids is 1. The first-order chi connectivity index (χ1) is 11.5. The normalized spacial score (nSPS) is 11.1. The van der Waals surface area contributed by atoms with Gasteiger partial charge in [0.2, 0.25) is 5.91 Å². The zero-order valence-electron chi connectivity index (χ0n) is 13.7. The predicted molar refractivity (Wildman–Crippen MR) is 95.1 cm³/mol. The second-order valence-electron chi connectivity index (χ2n) is 5.64. The molecule has 1 aromatic carbocycles. The number of aromatic carboxylic acids is 1. The van der Waals surface area contributed by atoms with Gasteiger partial charge in [-0.15, -0.1) is 11.3 Å². The lowest BCUT2D eigenvalue weighted by molar-refractivity contribution is -0.120. The van der Waals surface area contributed by atoms with Gasteiger partial charge in [-0.05, 0) is 17.0 Å². The van der Waals surface area contributed by atoms with Crippen molar-refractivity contribution in [2.75, 3.05) is 0 Å². The van der Waals surface area contributed by atoms with Crippen LogP contribution < -0.4 is 5.32 Å². The summed E-state index contributed by atoms with van der Waals surface area (Å²) < 4.78 is 0. The molecule has 2 rings (SSSR count). The number of benzene rings is 1. The van der Waals surface area contributed by atoms with Crippen molar-refractivity contribution >= 4 is 29.3 Å². The summed E-state index contributed by atoms with van der Waals surface area (Å²) in [6, 6.07) is 8.25. The standard InChI is InChI=1S/C18H20N2O3S/c1-12(2)14-8-6-13(7-9-14)4-3-5-16(21)19-10-17-20-15(11-24-17)18(22)23/h3-4,6-9,11-12H,5,10H2,1-2H3,(H,19,21)(H,22,23)/b4-3+. The number of aromatic nitrogens is 1. The summed E-state index contributed by atoms with van der Waals surface area (Å²) in [6.45, 7) is 4.54. The van der Waals surface area contributed by atoms with Crippen LogP contribution in [0, 0.1) is 0 Å². The topological polar surface area (TPSA) is 79.3 Å². The molecule has 2 aromatic rings. The first-order valence-electron chi connectivity index (χ1n) is 7.66. The molecule has 0 aliphatic rings. The summed E-state index contributed by atoms with van der Waals surface area (Å²) in [5.41, 5.74) is 2.35. The highest BCUT2D eigenvalue weighted by molar-refractivity contribution is 7.09. The van der Waals surface area contributed by atoms with Gasteiger partial charge in [0.05, 0.1) is 6.54 Å². The van der Waals surface area contributed by atoms with Crippen molar-refractivity contribution in [2.24, 2.45) is 0 Å². The Morgan fingerprint density at radius 1 is 1.29 bits per heavy atom. The maximum Gasteiger partial charge on any atom is 0.355 e. The number of rotatable bonds is 7. The van der Waals surface area contributed by atoms with Gasteiger partial charge < -0.3 is 10.4 Å². The number of carbonyl (C=O) groups is 2. The maximum absolute atomic E-state index is 11.8. The first-order valence-corrected chi connectivity index (χ1v) is 8.54. The van der Waals surface area contributed by atoms with E-state index in [1.807, 2.05) is 24.3 Å². The molecule has 0 spiro atoms. The highest BCUT2D eigenvalue weighted by Crippen LogP contribution is 2.15. The van der Waals surface area contributed by atoms with E-state index >= 15 is 0 Å². The van der Waals surface area contributed by atoms with Gasteiger partial charge in [0.25, 0.3) is 0 Å². The Balaban J connectivity index is 1.78. The van der Waals surface area contributed by atoms with Crippen LogP contribution in [0.2, 0.25) is 0 Å². The van der Waals surface area contributed by atoms with E-state index in [0.717, 1.165) is 5.56 Å². The van der Waals surface area contributed by atoms with Crippen LogP contribution in [0.4, 0.5) is 0 Å². The molecule has 126 valence electrons. The molecule has 0 fully saturated rings. The van der Waals surface area contributed by atoms with Gasteiger partial charge in [0, 0.05) is 11.8 Å². The Morgan fingerprint density at radius 2 is 2.00 bits per heavy atom. The van der Waals surface area contributed by atoms with Crippen molar-refractivity contribution in [3.8, 4) is 0 Å². The number of thiazole rings is 1. The number of hydrogen-bond acceptors (Lipinski definition) is 4. The van der Waals surface area contributed by atoms with Gasteiger partial charge in [0.15, 0.2) is 5.69 Å². The minimum absolute atomic E-state index is 0.00832. The highest BCUT2D eigenvalue weighted by atomic mass is 32.1. The van der Waals surface area contributed by atoms with Crippen LogP contribution in [0.15, 0.2) is 35.7 Å². The molecular weight excluding hydrogens is 324 g/mol. The number of nitrogens with zero attached hydrogens (tertiary/aromatic N) is 1. The van der Waals surface area contributed by atoms with E-state index in [1.54, 1.807) is 0 Å². The Hall–Kier alpha value is -2.47. The highest BCUT2D eigenvalue weighted by Gasteiger charge is 2.09. The monoisotopic (exact) mass is 344 g/mol. The van der Waals surface area contributed by atoms with Crippen molar-refractivity contribution in [2.45, 2.75) is 32.7 Å². The molecule has 0 saturated heterocycles. The lowest BCUT2D eigenvalue weighted by Crippen LogP contribution is -2.21. The minimum atomic E-state index is -1.06. The molecule has 24 heavy (non-hydrogen) atoms. The fraction of sp³-hybridized carbons (Fsp3) is 0.278. The lowest BCUT2D eigenvalue weighted by Gasteiger charge is -2.04. The number of nitrogens with one attached hydrogen (secondary N) is 1. The molecule has 0 bridgehead atoms. The van der Waals surface area contributed by atoms with Gasteiger partial charge in [-0.3, -0.25) is 4.79 Å². The summed E-state index contributed by atoms with van der Waals surface area (Å²) in [4.78, 5) is 26.4. The Labute approximate surface area is 145 Å². The molecular formula is C18H20N2O3S.